The second kappa shape index (κ2) is 10.1. The molecule has 0 bridgehead atoms. The molecule has 0 aliphatic rings. The summed E-state index contributed by atoms with van der Waals surface area (Å²) in [5.74, 6) is -1.24. The van der Waals surface area contributed by atoms with E-state index in [1.807, 2.05) is 0 Å². The van der Waals surface area contributed by atoms with Crippen LogP contribution in [0.15, 0.2) is 28.8 Å². The molecular formula is C20H22ClF3N2O6. The van der Waals surface area contributed by atoms with Crippen LogP contribution in [0.3, 0.4) is 0 Å². The van der Waals surface area contributed by atoms with Crippen LogP contribution in [0.4, 0.5) is 18.0 Å². The van der Waals surface area contributed by atoms with Crippen molar-refractivity contribution in [1.82, 2.24) is 9.88 Å². The lowest BCUT2D eigenvalue weighted by atomic mass is 10.2. The van der Waals surface area contributed by atoms with Crippen LogP contribution in [0.1, 0.15) is 38.0 Å². The van der Waals surface area contributed by atoms with Crippen molar-refractivity contribution in [2.24, 2.45) is 0 Å². The van der Waals surface area contributed by atoms with Crippen molar-refractivity contribution in [1.29, 1.82) is 0 Å². The van der Waals surface area contributed by atoms with Gasteiger partial charge in [0, 0.05) is 19.5 Å². The molecule has 0 fully saturated rings. The fourth-order valence-corrected chi connectivity index (χ4v) is 2.80. The van der Waals surface area contributed by atoms with Gasteiger partial charge in [0.2, 0.25) is 0 Å². The van der Waals surface area contributed by atoms with Crippen molar-refractivity contribution >= 4 is 23.7 Å². The van der Waals surface area contributed by atoms with E-state index in [4.69, 9.17) is 25.9 Å². The normalized spacial score (nSPS) is 11.8. The molecule has 8 nitrogen and oxygen atoms in total. The number of carboxylic acids is 1. The Labute approximate surface area is 186 Å². The van der Waals surface area contributed by atoms with E-state index in [2.05, 4.69) is 9.72 Å². The lowest BCUT2D eigenvalue weighted by Gasteiger charge is -2.27. The number of amides is 1. The predicted octanol–water partition coefficient (Wildman–Crippen LogP) is 4.83. The molecule has 2 rings (SSSR count). The fourth-order valence-electron chi connectivity index (χ4n) is 2.56. The number of oxazole rings is 1. The highest BCUT2D eigenvalue weighted by Crippen LogP contribution is 2.31. The lowest BCUT2D eigenvalue weighted by molar-refractivity contribution is -0.274. The number of hydrogen-bond acceptors (Lipinski definition) is 6. The molecular weight excluding hydrogens is 457 g/mol. The van der Waals surface area contributed by atoms with Crippen molar-refractivity contribution in [3.63, 3.8) is 0 Å². The molecule has 1 heterocycles. The van der Waals surface area contributed by atoms with Gasteiger partial charge in [0.1, 0.15) is 23.5 Å². The molecule has 0 saturated heterocycles. The summed E-state index contributed by atoms with van der Waals surface area (Å²) in [6, 6.07) is 3.67. The Hall–Kier alpha value is -2.95. The molecule has 1 amide bonds. The minimum Gasteiger partial charge on any atom is -0.481 e. The van der Waals surface area contributed by atoms with Gasteiger partial charge < -0.3 is 23.9 Å². The number of hydrogen-bond donors (Lipinski definition) is 1. The van der Waals surface area contributed by atoms with Crippen LogP contribution in [-0.2, 0) is 28.9 Å². The molecule has 32 heavy (non-hydrogen) atoms. The molecule has 1 aromatic carbocycles. The SMILES string of the molecule is CC(C)(C)OC(=O)N(CCc1ncc(CC(=O)O)o1)Cc1ccc(OC(F)(F)F)c(Cl)c1. The highest BCUT2D eigenvalue weighted by Gasteiger charge is 2.32. The smallest absolute Gasteiger partial charge is 0.481 e. The van der Waals surface area contributed by atoms with E-state index in [1.165, 1.54) is 23.2 Å². The van der Waals surface area contributed by atoms with E-state index < -0.39 is 29.8 Å². The molecule has 1 aromatic heterocycles. The first kappa shape index (κ1) is 25.3. The third kappa shape index (κ3) is 8.66. The summed E-state index contributed by atoms with van der Waals surface area (Å²) >= 11 is 5.89. The average Bonchev–Trinajstić information content (AvgIpc) is 3.04. The maximum Gasteiger partial charge on any atom is 0.573 e. The van der Waals surface area contributed by atoms with Crippen molar-refractivity contribution in [3.8, 4) is 5.75 Å². The monoisotopic (exact) mass is 478 g/mol. The van der Waals surface area contributed by atoms with Crippen LogP contribution >= 0.6 is 11.6 Å². The van der Waals surface area contributed by atoms with E-state index in [1.54, 1.807) is 20.8 Å². The topological polar surface area (TPSA) is 102 Å². The average molecular weight is 479 g/mol. The van der Waals surface area contributed by atoms with Gasteiger partial charge in [-0.2, -0.15) is 0 Å². The van der Waals surface area contributed by atoms with Gasteiger partial charge in [0.05, 0.1) is 11.2 Å². The zero-order valence-electron chi connectivity index (χ0n) is 17.5. The van der Waals surface area contributed by atoms with Gasteiger partial charge in [0.25, 0.3) is 0 Å². The van der Waals surface area contributed by atoms with E-state index in [-0.39, 0.29) is 42.6 Å². The molecule has 0 spiro atoms. The van der Waals surface area contributed by atoms with Crippen LogP contribution in [0.5, 0.6) is 5.75 Å². The Balaban J connectivity index is 2.14. The largest absolute Gasteiger partial charge is 0.573 e. The highest BCUT2D eigenvalue weighted by molar-refractivity contribution is 6.32. The number of carbonyl (C=O) groups excluding carboxylic acids is 1. The summed E-state index contributed by atoms with van der Waals surface area (Å²) < 4.78 is 51.9. The molecule has 0 saturated carbocycles. The Morgan fingerprint density at radius 1 is 1.25 bits per heavy atom. The van der Waals surface area contributed by atoms with Gasteiger partial charge in [-0.3, -0.25) is 4.79 Å². The molecule has 12 heteroatoms. The van der Waals surface area contributed by atoms with E-state index in [0.29, 0.717) is 5.56 Å². The van der Waals surface area contributed by atoms with Gasteiger partial charge in [-0.1, -0.05) is 17.7 Å². The molecule has 0 aliphatic carbocycles. The zero-order chi connectivity index (χ0) is 24.1. The number of aromatic nitrogens is 1. The van der Waals surface area contributed by atoms with Crippen LogP contribution in [0.25, 0.3) is 0 Å². The Morgan fingerprint density at radius 2 is 1.94 bits per heavy atom. The Kier molecular flexibility index (Phi) is 8.00. The standard InChI is InChI=1S/C20H22ClF3N2O6/c1-19(2,3)32-18(29)26(7-6-16-25-10-13(30-16)9-17(27)28)11-12-4-5-15(14(21)8-12)31-20(22,23)24/h4-5,8,10H,6-7,9,11H2,1-3H3,(H,27,28). The first-order valence-corrected chi connectivity index (χ1v) is 9.77. The number of benzene rings is 1. The van der Waals surface area contributed by atoms with Gasteiger partial charge >= 0.3 is 18.4 Å². The van der Waals surface area contributed by atoms with Gasteiger partial charge in [-0.25, -0.2) is 9.78 Å². The quantitative estimate of drug-likeness (QED) is 0.579. The molecule has 176 valence electrons. The Bertz CT molecular complexity index is 956. The van der Waals surface area contributed by atoms with Gasteiger partial charge in [0.15, 0.2) is 5.89 Å². The van der Waals surface area contributed by atoms with Crippen molar-refractivity contribution in [2.75, 3.05) is 6.54 Å². The van der Waals surface area contributed by atoms with Crippen molar-refractivity contribution in [2.45, 2.75) is 52.1 Å². The minimum atomic E-state index is -4.89. The van der Waals surface area contributed by atoms with Gasteiger partial charge in [-0.05, 0) is 38.5 Å². The van der Waals surface area contributed by atoms with Crippen LogP contribution in [0.2, 0.25) is 5.02 Å². The van der Waals surface area contributed by atoms with Gasteiger partial charge in [-0.15, -0.1) is 13.2 Å². The number of alkyl halides is 3. The maximum atomic E-state index is 12.6. The summed E-state index contributed by atoms with van der Waals surface area (Å²) in [5.41, 5.74) is -0.344. The first-order valence-electron chi connectivity index (χ1n) is 9.39. The molecule has 0 unspecified atom stereocenters. The van der Waals surface area contributed by atoms with Crippen LogP contribution < -0.4 is 4.74 Å². The number of carboxylic acid groups (broad SMARTS) is 1. The van der Waals surface area contributed by atoms with E-state index in [0.717, 1.165) is 6.07 Å². The number of rotatable bonds is 8. The molecule has 1 N–H and O–H groups in total. The van der Waals surface area contributed by atoms with E-state index >= 15 is 0 Å². The number of nitrogens with zero attached hydrogens (tertiary/aromatic N) is 2. The lowest BCUT2D eigenvalue weighted by Crippen LogP contribution is -2.37. The number of ether oxygens (including phenoxy) is 2. The summed E-state index contributed by atoms with van der Waals surface area (Å²) in [4.78, 5) is 28.7. The van der Waals surface area contributed by atoms with Crippen LogP contribution in [0, 0.1) is 0 Å². The molecule has 0 radical (unpaired) electrons. The van der Waals surface area contributed by atoms with E-state index in [9.17, 15) is 22.8 Å². The molecule has 0 atom stereocenters. The first-order chi connectivity index (χ1) is 14.7. The fraction of sp³-hybridized carbons (Fsp3) is 0.450. The summed E-state index contributed by atoms with van der Waals surface area (Å²) in [5, 5.41) is 8.54. The predicted molar refractivity (Wildman–Crippen MR) is 106 cm³/mol. The van der Waals surface area contributed by atoms with Crippen LogP contribution in [-0.4, -0.2) is 45.6 Å². The second-order valence-corrected chi connectivity index (χ2v) is 8.16. The summed E-state index contributed by atoms with van der Waals surface area (Å²) in [7, 11) is 0. The minimum absolute atomic E-state index is 0.0242. The maximum absolute atomic E-state index is 12.6. The summed E-state index contributed by atoms with van der Waals surface area (Å²) in [6.07, 6.45) is -4.43. The summed E-state index contributed by atoms with van der Waals surface area (Å²) in [6.45, 7) is 5.13. The van der Waals surface area contributed by atoms with Crippen molar-refractivity contribution < 1.29 is 41.8 Å². The van der Waals surface area contributed by atoms with Crippen molar-refractivity contribution in [3.05, 3.63) is 46.6 Å². The second-order valence-electron chi connectivity index (χ2n) is 7.76. The highest BCUT2D eigenvalue weighted by atomic mass is 35.5. The third-order valence-electron chi connectivity index (χ3n) is 3.77. The Morgan fingerprint density at radius 3 is 2.50 bits per heavy atom. The number of carbonyl (C=O) groups is 2. The molecule has 0 aliphatic heterocycles. The molecule has 2 aromatic rings. The zero-order valence-corrected chi connectivity index (χ0v) is 18.3. The number of halogens is 4. The third-order valence-corrected chi connectivity index (χ3v) is 4.06. The number of aliphatic carboxylic acids is 1.